The van der Waals surface area contributed by atoms with Gasteiger partial charge in [-0.05, 0) is 64.8 Å². The lowest BCUT2D eigenvalue weighted by atomic mass is 9.48. The quantitative estimate of drug-likeness (QED) is 0.362. The topological polar surface area (TPSA) is 37.3 Å². The van der Waals surface area contributed by atoms with Gasteiger partial charge in [0.05, 0.1) is 5.56 Å². The van der Waals surface area contributed by atoms with Gasteiger partial charge in [0.1, 0.15) is 5.75 Å². The second kappa shape index (κ2) is 7.32. The lowest BCUT2D eigenvalue weighted by Crippen LogP contribution is -2.54. The van der Waals surface area contributed by atoms with Crippen molar-refractivity contribution in [3.8, 4) is 5.75 Å². The van der Waals surface area contributed by atoms with E-state index in [0.29, 0.717) is 5.56 Å². The third-order valence-electron chi connectivity index (χ3n) is 10.3. The first-order chi connectivity index (χ1) is 17.0. The largest absolute Gasteiger partial charge is 0.507 e. The van der Waals surface area contributed by atoms with Crippen LogP contribution in [0.4, 0.5) is 0 Å². The zero-order valence-electron chi connectivity index (χ0n) is 21.4. The van der Waals surface area contributed by atoms with Gasteiger partial charge in [0, 0.05) is 21.7 Å². The summed E-state index contributed by atoms with van der Waals surface area (Å²) in [5.74, 6) is 0.114. The molecule has 6 rings (SSSR count). The number of carbonyl (C=O) groups is 1. The standard InChI is InChI=1S/C33H36O2/c1-5-16-31-23-12-8-10-14-25(23)32(17-6-2)27-19-22(21-34)29(35)20-28(27)33(18-7-3,30(31,32)4)26-15-11-9-13-24(26)31/h8-15,19-21,35H,5-7,16-18H2,1-4H3/t30-,31+,32-,33+/m0/s1. The van der Waals surface area contributed by atoms with Crippen molar-refractivity contribution in [3.05, 3.63) is 99.6 Å². The Morgan fingerprint density at radius 1 is 0.657 bits per heavy atom. The van der Waals surface area contributed by atoms with Crippen LogP contribution in [0.5, 0.6) is 5.75 Å². The SMILES string of the molecule is CCC[C@@]12c3ccccc3[C@@]3(CCC)c4cc(C=O)c(O)cc4[C@@](CCC)(c4ccccc41)[C@@]23C. The smallest absolute Gasteiger partial charge is 0.153 e. The molecule has 3 aromatic rings. The maximum Gasteiger partial charge on any atom is 0.153 e. The molecule has 0 saturated carbocycles. The third kappa shape index (κ3) is 2.10. The fourth-order valence-corrected chi connectivity index (χ4v) is 9.69. The van der Waals surface area contributed by atoms with Gasteiger partial charge >= 0.3 is 0 Å². The van der Waals surface area contributed by atoms with Crippen LogP contribution < -0.4 is 0 Å². The van der Waals surface area contributed by atoms with Crippen LogP contribution in [0.25, 0.3) is 0 Å². The second-order valence-corrected chi connectivity index (χ2v) is 11.3. The van der Waals surface area contributed by atoms with Gasteiger partial charge < -0.3 is 5.11 Å². The summed E-state index contributed by atoms with van der Waals surface area (Å²) in [6.45, 7) is 9.48. The van der Waals surface area contributed by atoms with Crippen molar-refractivity contribution in [3.63, 3.8) is 0 Å². The Morgan fingerprint density at radius 2 is 1.03 bits per heavy atom. The molecule has 2 nitrogen and oxygen atoms in total. The number of fused-ring (bicyclic) bond motifs is 9. The molecule has 0 unspecified atom stereocenters. The molecule has 0 fully saturated rings. The summed E-state index contributed by atoms with van der Waals surface area (Å²) in [5.41, 5.74) is 8.06. The molecule has 2 heteroatoms. The molecule has 180 valence electrons. The van der Waals surface area contributed by atoms with Gasteiger partial charge in [-0.1, -0.05) is 95.5 Å². The van der Waals surface area contributed by atoms with Gasteiger partial charge in [0.2, 0.25) is 0 Å². The highest BCUT2D eigenvalue weighted by atomic mass is 16.3. The summed E-state index contributed by atoms with van der Waals surface area (Å²) in [7, 11) is 0. The van der Waals surface area contributed by atoms with Gasteiger partial charge in [-0.3, -0.25) is 4.79 Å². The highest BCUT2D eigenvalue weighted by molar-refractivity contribution is 5.84. The lowest BCUT2D eigenvalue weighted by molar-refractivity contribution is 0.0540. The summed E-state index contributed by atoms with van der Waals surface area (Å²) in [6, 6.07) is 22.4. The number of hydrogen-bond acceptors (Lipinski definition) is 2. The lowest BCUT2D eigenvalue weighted by Gasteiger charge is -2.53. The van der Waals surface area contributed by atoms with Crippen molar-refractivity contribution in [1.82, 2.24) is 0 Å². The van der Waals surface area contributed by atoms with Crippen LogP contribution in [-0.4, -0.2) is 11.4 Å². The van der Waals surface area contributed by atoms with E-state index in [1.165, 1.54) is 33.4 Å². The molecule has 4 atom stereocenters. The molecule has 0 aromatic heterocycles. The fourth-order valence-electron chi connectivity index (χ4n) is 9.69. The van der Waals surface area contributed by atoms with E-state index in [9.17, 15) is 9.90 Å². The predicted octanol–water partition coefficient (Wildman–Crippen LogP) is 7.81. The summed E-state index contributed by atoms with van der Waals surface area (Å²) < 4.78 is 0. The molecule has 0 spiro atoms. The monoisotopic (exact) mass is 464 g/mol. The molecule has 0 radical (unpaired) electrons. The maximum atomic E-state index is 12.1. The van der Waals surface area contributed by atoms with Crippen molar-refractivity contribution in [2.24, 2.45) is 5.41 Å². The van der Waals surface area contributed by atoms with Crippen molar-refractivity contribution < 1.29 is 9.90 Å². The van der Waals surface area contributed by atoms with Crippen LogP contribution >= 0.6 is 0 Å². The van der Waals surface area contributed by atoms with Crippen molar-refractivity contribution in [2.45, 2.75) is 82.5 Å². The molecule has 3 aliphatic rings. The third-order valence-corrected chi connectivity index (χ3v) is 10.3. The Bertz CT molecular complexity index is 1350. The number of aromatic hydroxyl groups is 1. The molecule has 0 amide bonds. The minimum atomic E-state index is -0.226. The molecule has 0 bridgehead atoms. The number of phenolic OH excluding ortho intramolecular Hbond substituents is 1. The molecule has 0 saturated heterocycles. The average Bonchev–Trinajstić information content (AvgIpc) is 3.27. The van der Waals surface area contributed by atoms with Gasteiger partial charge in [-0.15, -0.1) is 0 Å². The van der Waals surface area contributed by atoms with Crippen LogP contribution in [0.1, 0.15) is 110 Å². The molecule has 3 aliphatic carbocycles. The van der Waals surface area contributed by atoms with Crippen LogP contribution in [0.2, 0.25) is 0 Å². The molecule has 35 heavy (non-hydrogen) atoms. The summed E-state index contributed by atoms with van der Waals surface area (Å²) in [4.78, 5) is 12.1. The van der Waals surface area contributed by atoms with E-state index in [-0.39, 0.29) is 27.4 Å². The number of phenols is 1. The number of rotatable bonds is 7. The van der Waals surface area contributed by atoms with E-state index in [0.717, 1.165) is 44.8 Å². The minimum absolute atomic E-state index is 0.114. The van der Waals surface area contributed by atoms with E-state index in [2.05, 4.69) is 82.3 Å². The second-order valence-electron chi connectivity index (χ2n) is 11.3. The summed E-state index contributed by atoms with van der Waals surface area (Å²) in [6.07, 6.45) is 7.19. The Morgan fingerprint density at radius 3 is 1.40 bits per heavy atom. The van der Waals surface area contributed by atoms with Crippen LogP contribution in [-0.2, 0) is 16.2 Å². The molecular formula is C33H36O2. The fraction of sp³-hybridized carbons (Fsp3) is 0.424. The van der Waals surface area contributed by atoms with Crippen molar-refractivity contribution >= 4 is 6.29 Å². The number of benzene rings is 3. The van der Waals surface area contributed by atoms with Gasteiger partial charge in [-0.25, -0.2) is 0 Å². The van der Waals surface area contributed by atoms with E-state index in [1.54, 1.807) is 0 Å². The molecule has 1 N–H and O–H groups in total. The molecule has 0 heterocycles. The Kier molecular flexibility index (Phi) is 4.72. The van der Waals surface area contributed by atoms with Gasteiger partial charge in [-0.2, -0.15) is 0 Å². The summed E-state index contributed by atoms with van der Waals surface area (Å²) in [5, 5.41) is 11.0. The van der Waals surface area contributed by atoms with Crippen LogP contribution in [0.15, 0.2) is 60.7 Å². The van der Waals surface area contributed by atoms with E-state index >= 15 is 0 Å². The van der Waals surface area contributed by atoms with E-state index < -0.39 is 0 Å². The Hall–Kier alpha value is -2.87. The highest BCUT2D eigenvalue weighted by Gasteiger charge is 2.82. The highest BCUT2D eigenvalue weighted by Crippen LogP contribution is 2.85. The zero-order chi connectivity index (χ0) is 24.6. The van der Waals surface area contributed by atoms with E-state index in [4.69, 9.17) is 0 Å². The average molecular weight is 465 g/mol. The number of aldehydes is 1. The zero-order valence-corrected chi connectivity index (χ0v) is 21.4. The van der Waals surface area contributed by atoms with E-state index in [1.807, 2.05) is 6.07 Å². The van der Waals surface area contributed by atoms with Crippen molar-refractivity contribution in [1.29, 1.82) is 0 Å². The Labute approximate surface area is 209 Å². The summed E-state index contributed by atoms with van der Waals surface area (Å²) >= 11 is 0. The number of hydrogen-bond donors (Lipinski definition) is 1. The first-order valence-corrected chi connectivity index (χ1v) is 13.5. The molecule has 0 aliphatic heterocycles. The van der Waals surface area contributed by atoms with Crippen LogP contribution in [0.3, 0.4) is 0 Å². The minimum Gasteiger partial charge on any atom is -0.507 e. The van der Waals surface area contributed by atoms with Gasteiger partial charge in [0.25, 0.3) is 0 Å². The first-order valence-electron chi connectivity index (χ1n) is 13.5. The maximum absolute atomic E-state index is 12.1. The molecule has 3 aromatic carbocycles. The normalized spacial score (nSPS) is 31.1. The van der Waals surface area contributed by atoms with Crippen molar-refractivity contribution in [2.75, 3.05) is 0 Å². The van der Waals surface area contributed by atoms with Crippen LogP contribution in [0, 0.1) is 5.41 Å². The molecular weight excluding hydrogens is 428 g/mol. The van der Waals surface area contributed by atoms with Gasteiger partial charge in [0.15, 0.2) is 6.29 Å². The Balaban J connectivity index is 1.92. The number of carbonyl (C=O) groups excluding carboxylic acids is 1. The predicted molar refractivity (Wildman–Crippen MR) is 142 cm³/mol. The first kappa shape index (κ1) is 22.6.